The Kier molecular flexibility index (Phi) is 4.86. The summed E-state index contributed by atoms with van der Waals surface area (Å²) in [7, 11) is 0. The number of nitrogens with zero attached hydrogens (tertiary/aromatic N) is 3. The van der Waals surface area contributed by atoms with E-state index in [1.165, 1.54) is 0 Å². The molecule has 0 saturated carbocycles. The summed E-state index contributed by atoms with van der Waals surface area (Å²) in [6.07, 6.45) is -0.530. The molecule has 2 fully saturated rings. The number of aryl methyl sites for hydroxylation is 3. The van der Waals surface area contributed by atoms with Gasteiger partial charge in [-0.3, -0.25) is 29.1 Å². The van der Waals surface area contributed by atoms with Crippen molar-refractivity contribution in [2.24, 2.45) is 10.8 Å². The molecule has 3 aromatic carbocycles. The number of amides is 3. The molecule has 0 radical (unpaired) electrons. The van der Waals surface area contributed by atoms with Crippen molar-refractivity contribution in [3.63, 3.8) is 0 Å². The van der Waals surface area contributed by atoms with Crippen molar-refractivity contribution in [3.05, 3.63) is 89.0 Å². The molecule has 194 valence electrons. The number of rotatable bonds is 3. The molecule has 0 bridgehead atoms. The number of carbonyl (C=O) groups excluding carboxylic acids is 3. The van der Waals surface area contributed by atoms with Gasteiger partial charge >= 0.3 is 0 Å². The second-order valence-electron chi connectivity index (χ2n) is 12.1. The van der Waals surface area contributed by atoms with Gasteiger partial charge in [0.1, 0.15) is 6.17 Å². The molecule has 6 nitrogen and oxygen atoms in total. The summed E-state index contributed by atoms with van der Waals surface area (Å²) in [5.41, 5.74) is 3.21. The largest absolute Gasteiger partial charge is 0.291 e. The van der Waals surface area contributed by atoms with E-state index >= 15 is 0 Å². The predicted octanol–water partition coefficient (Wildman–Crippen LogP) is 5.63. The molecule has 0 aliphatic carbocycles. The van der Waals surface area contributed by atoms with Crippen LogP contribution >= 0.6 is 0 Å². The van der Waals surface area contributed by atoms with E-state index < -0.39 is 22.5 Å². The maximum Gasteiger partial charge on any atom is 0.260 e. The molecule has 6 rings (SSSR count). The van der Waals surface area contributed by atoms with Crippen LogP contribution in [0.15, 0.2) is 66.7 Å². The number of hydrogen-bond donors (Lipinski definition) is 0. The van der Waals surface area contributed by atoms with E-state index in [1.54, 1.807) is 14.7 Å². The van der Waals surface area contributed by atoms with Crippen LogP contribution in [0.4, 0.5) is 17.1 Å². The number of hydrogen-bond acceptors (Lipinski definition) is 3. The van der Waals surface area contributed by atoms with E-state index in [1.807, 2.05) is 115 Å². The van der Waals surface area contributed by atoms with Crippen molar-refractivity contribution in [3.8, 4) is 0 Å². The summed E-state index contributed by atoms with van der Waals surface area (Å²) in [6.45, 7) is 13.5. The van der Waals surface area contributed by atoms with E-state index in [4.69, 9.17) is 0 Å². The van der Waals surface area contributed by atoms with Crippen LogP contribution in [0.1, 0.15) is 49.9 Å². The fourth-order valence-corrected chi connectivity index (χ4v) is 6.62. The minimum absolute atomic E-state index is 0.0342. The molecule has 0 aromatic heterocycles. The Balaban J connectivity index is 1.56. The second kappa shape index (κ2) is 7.56. The Labute approximate surface area is 223 Å². The second-order valence-corrected chi connectivity index (χ2v) is 12.1. The molecule has 3 heterocycles. The molecular formula is C32H33N3O3. The summed E-state index contributed by atoms with van der Waals surface area (Å²) < 4.78 is 0. The van der Waals surface area contributed by atoms with Crippen LogP contribution in [0, 0.1) is 31.6 Å². The van der Waals surface area contributed by atoms with Crippen LogP contribution < -0.4 is 14.7 Å². The fourth-order valence-electron chi connectivity index (χ4n) is 6.62. The molecule has 6 heteroatoms. The summed E-state index contributed by atoms with van der Waals surface area (Å²) >= 11 is 0. The van der Waals surface area contributed by atoms with Gasteiger partial charge in [0.05, 0.1) is 16.5 Å². The van der Waals surface area contributed by atoms with Crippen molar-refractivity contribution >= 4 is 34.8 Å². The predicted molar refractivity (Wildman–Crippen MR) is 149 cm³/mol. The maximum atomic E-state index is 14.9. The first-order chi connectivity index (χ1) is 17.8. The molecule has 38 heavy (non-hydrogen) atoms. The highest BCUT2D eigenvalue weighted by molar-refractivity contribution is 6.25. The van der Waals surface area contributed by atoms with E-state index in [0.29, 0.717) is 5.69 Å². The third-order valence-corrected chi connectivity index (χ3v) is 8.82. The molecule has 2 saturated heterocycles. The highest BCUT2D eigenvalue weighted by atomic mass is 16.2. The zero-order valence-electron chi connectivity index (χ0n) is 23.0. The smallest absolute Gasteiger partial charge is 0.260 e. The summed E-state index contributed by atoms with van der Waals surface area (Å²) in [4.78, 5) is 47.3. The molecule has 3 aliphatic heterocycles. The van der Waals surface area contributed by atoms with Gasteiger partial charge < -0.3 is 0 Å². The zero-order valence-corrected chi connectivity index (χ0v) is 23.0. The summed E-state index contributed by atoms with van der Waals surface area (Å²) in [5.74, 6) is -0.303. The lowest BCUT2D eigenvalue weighted by Gasteiger charge is -2.61. The number of β-lactam (4-membered cyclic amide) rings is 2. The third kappa shape index (κ3) is 2.75. The Hall–Kier alpha value is -3.93. The molecule has 0 unspecified atom stereocenters. The van der Waals surface area contributed by atoms with Crippen LogP contribution in [-0.2, 0) is 19.9 Å². The van der Waals surface area contributed by atoms with Gasteiger partial charge in [-0.15, -0.1) is 0 Å². The quantitative estimate of drug-likeness (QED) is 0.432. The first-order valence-electron chi connectivity index (χ1n) is 13.1. The Bertz CT molecular complexity index is 1520. The third-order valence-electron chi connectivity index (χ3n) is 8.82. The number of anilines is 3. The maximum absolute atomic E-state index is 14.9. The molecule has 3 aromatic rings. The highest BCUT2D eigenvalue weighted by Gasteiger charge is 2.77. The SMILES string of the molecule is Cc1ccc(N2C(=O)C(C)(C)[C@H]2N2C(=O)[C@@]3(c4cc(C)ccc42)N(c2ccc(C)cc2)C(=O)C3(C)C)cc1. The molecule has 3 aliphatic rings. The first kappa shape index (κ1) is 24.4. The number of carbonyl (C=O) groups is 3. The van der Waals surface area contributed by atoms with Crippen LogP contribution in [0.3, 0.4) is 0 Å². The van der Waals surface area contributed by atoms with E-state index in [-0.39, 0.29) is 17.7 Å². The van der Waals surface area contributed by atoms with Crippen molar-refractivity contribution in [2.45, 2.75) is 60.2 Å². The van der Waals surface area contributed by atoms with Crippen molar-refractivity contribution in [1.82, 2.24) is 0 Å². The zero-order chi connectivity index (χ0) is 27.4. The van der Waals surface area contributed by atoms with Crippen LogP contribution in [-0.4, -0.2) is 23.9 Å². The van der Waals surface area contributed by atoms with Gasteiger partial charge in [0, 0.05) is 16.9 Å². The van der Waals surface area contributed by atoms with Crippen molar-refractivity contribution in [1.29, 1.82) is 0 Å². The van der Waals surface area contributed by atoms with Crippen LogP contribution in [0.25, 0.3) is 0 Å². The van der Waals surface area contributed by atoms with Gasteiger partial charge in [-0.05, 0) is 78.8 Å². The first-order valence-corrected chi connectivity index (χ1v) is 13.1. The lowest BCUT2D eigenvalue weighted by Crippen LogP contribution is -2.80. The minimum atomic E-state index is -1.21. The van der Waals surface area contributed by atoms with Gasteiger partial charge in [0.25, 0.3) is 5.91 Å². The Morgan fingerprint density at radius 1 is 0.605 bits per heavy atom. The van der Waals surface area contributed by atoms with E-state index in [2.05, 4.69) is 0 Å². The van der Waals surface area contributed by atoms with Crippen LogP contribution in [0.5, 0.6) is 0 Å². The van der Waals surface area contributed by atoms with Gasteiger partial charge in [-0.25, -0.2) is 0 Å². The lowest BCUT2D eigenvalue weighted by molar-refractivity contribution is -0.154. The summed E-state index contributed by atoms with van der Waals surface area (Å²) in [6, 6.07) is 21.5. The van der Waals surface area contributed by atoms with E-state index in [0.717, 1.165) is 33.6 Å². The highest BCUT2D eigenvalue weighted by Crippen LogP contribution is 2.64. The average Bonchev–Trinajstić information content (AvgIpc) is 3.13. The monoisotopic (exact) mass is 507 g/mol. The van der Waals surface area contributed by atoms with Crippen LogP contribution in [0.2, 0.25) is 0 Å². The van der Waals surface area contributed by atoms with E-state index in [9.17, 15) is 14.4 Å². The molecule has 1 spiro atoms. The molecule has 2 atom stereocenters. The minimum Gasteiger partial charge on any atom is -0.291 e. The number of benzene rings is 3. The summed E-state index contributed by atoms with van der Waals surface area (Å²) in [5, 5.41) is 0. The van der Waals surface area contributed by atoms with Gasteiger partial charge in [-0.1, -0.05) is 53.1 Å². The fraction of sp³-hybridized carbons (Fsp3) is 0.344. The Morgan fingerprint density at radius 2 is 1.13 bits per heavy atom. The van der Waals surface area contributed by atoms with Gasteiger partial charge in [0.2, 0.25) is 11.8 Å². The molecular weight excluding hydrogens is 474 g/mol. The average molecular weight is 508 g/mol. The van der Waals surface area contributed by atoms with Crippen molar-refractivity contribution in [2.75, 3.05) is 14.7 Å². The Morgan fingerprint density at radius 3 is 1.71 bits per heavy atom. The topological polar surface area (TPSA) is 60.9 Å². The van der Waals surface area contributed by atoms with Gasteiger partial charge in [0.15, 0.2) is 5.54 Å². The molecule has 0 N–H and O–H groups in total. The molecule has 3 amide bonds. The lowest BCUT2D eigenvalue weighted by atomic mass is 9.59. The standard InChI is InChI=1S/C32H33N3O3/c1-19-8-13-22(14-9-19)33-26(30(4,5)27(33)36)34-25-17-12-21(3)18-24(25)32(29(34)38)31(6,7)28(37)35(32)23-15-10-20(2)11-16-23/h8-18,26H,1-7H3/t26-,32-/m1/s1. The van der Waals surface area contributed by atoms with Crippen molar-refractivity contribution < 1.29 is 14.4 Å². The normalized spacial score (nSPS) is 25.0. The number of fused-ring (bicyclic) bond motifs is 2. The van der Waals surface area contributed by atoms with Gasteiger partial charge in [-0.2, -0.15) is 0 Å².